The van der Waals surface area contributed by atoms with Crippen LogP contribution in [-0.2, 0) is 25.6 Å². The number of carbonyl (C=O) groups is 4. The number of H-pyrrole nitrogens is 1. The highest BCUT2D eigenvalue weighted by Crippen LogP contribution is 2.19. The van der Waals surface area contributed by atoms with E-state index in [2.05, 4.69) is 25.9 Å². The monoisotopic (exact) mass is 516 g/mol. The minimum Gasteiger partial charge on any atom is -0.480 e. The topological polar surface area (TPSA) is 231 Å². The van der Waals surface area contributed by atoms with E-state index >= 15 is 0 Å². The summed E-state index contributed by atoms with van der Waals surface area (Å²) < 4.78 is 0. The van der Waals surface area contributed by atoms with Crippen LogP contribution in [0.2, 0.25) is 0 Å². The van der Waals surface area contributed by atoms with E-state index in [1.165, 1.54) is 0 Å². The predicted octanol–water partition coefficient (Wildman–Crippen LogP) is -1.08. The minimum absolute atomic E-state index is 0.0809. The molecular formula is C24H36N8O5. The van der Waals surface area contributed by atoms with Crippen molar-refractivity contribution in [2.75, 3.05) is 13.1 Å². The Hall–Kier alpha value is -4.13. The number of fused-ring (bicyclic) bond motifs is 1. The van der Waals surface area contributed by atoms with Gasteiger partial charge in [0.1, 0.15) is 18.1 Å². The molecule has 37 heavy (non-hydrogen) atoms. The number of para-hydroxylation sites is 1. The Morgan fingerprint density at radius 2 is 1.70 bits per heavy atom. The molecule has 3 atom stereocenters. The lowest BCUT2D eigenvalue weighted by Gasteiger charge is -2.25. The SMILES string of the molecule is CC(C)[C@H](NC(=O)[C@H](Cc1c[nH]c2ccccc12)NC(=O)[C@H](CCCN=C(N)N)NC(=O)CN)C(=O)O. The first-order valence-corrected chi connectivity index (χ1v) is 12.0. The number of carboxylic acids is 1. The summed E-state index contributed by atoms with van der Waals surface area (Å²) in [6, 6.07) is 4.18. The van der Waals surface area contributed by atoms with Crippen LogP contribution in [0.3, 0.4) is 0 Å². The molecule has 1 aromatic heterocycles. The maximum atomic E-state index is 13.2. The van der Waals surface area contributed by atoms with Gasteiger partial charge in [0.25, 0.3) is 0 Å². The molecule has 0 aliphatic rings. The van der Waals surface area contributed by atoms with Crippen LogP contribution in [0.5, 0.6) is 0 Å². The largest absolute Gasteiger partial charge is 0.480 e. The van der Waals surface area contributed by atoms with E-state index in [4.69, 9.17) is 17.2 Å². The molecule has 0 unspecified atom stereocenters. The van der Waals surface area contributed by atoms with Crippen LogP contribution in [0.4, 0.5) is 0 Å². The summed E-state index contributed by atoms with van der Waals surface area (Å²) in [5.41, 5.74) is 17.7. The molecule has 0 aliphatic heterocycles. The Kier molecular flexibility index (Phi) is 10.9. The Bertz CT molecular complexity index is 1130. The third kappa shape index (κ3) is 8.79. The van der Waals surface area contributed by atoms with Gasteiger partial charge in [0, 0.05) is 30.1 Å². The summed E-state index contributed by atoms with van der Waals surface area (Å²) in [5.74, 6) is -3.51. The summed E-state index contributed by atoms with van der Waals surface area (Å²) >= 11 is 0. The number of aromatic nitrogens is 1. The second-order valence-electron chi connectivity index (χ2n) is 8.97. The minimum atomic E-state index is -1.19. The second kappa shape index (κ2) is 13.8. The summed E-state index contributed by atoms with van der Waals surface area (Å²) in [4.78, 5) is 57.1. The molecule has 2 aromatic rings. The molecule has 1 aromatic carbocycles. The quantitative estimate of drug-likeness (QED) is 0.0871. The Labute approximate surface area is 214 Å². The third-order valence-electron chi connectivity index (χ3n) is 5.74. The van der Waals surface area contributed by atoms with E-state index in [1.807, 2.05) is 24.3 Å². The maximum absolute atomic E-state index is 13.2. The van der Waals surface area contributed by atoms with Crippen LogP contribution in [0, 0.1) is 5.92 Å². The molecule has 2 rings (SSSR count). The lowest BCUT2D eigenvalue weighted by Crippen LogP contribution is -2.57. The molecule has 11 N–H and O–H groups in total. The number of nitrogens with zero attached hydrogens (tertiary/aromatic N) is 1. The van der Waals surface area contributed by atoms with Crippen molar-refractivity contribution in [1.29, 1.82) is 0 Å². The zero-order valence-corrected chi connectivity index (χ0v) is 21.0. The number of nitrogens with one attached hydrogen (secondary N) is 4. The number of guanidine groups is 1. The van der Waals surface area contributed by atoms with Crippen LogP contribution in [-0.4, -0.2) is 71.0 Å². The number of nitrogens with two attached hydrogens (primary N) is 3. The van der Waals surface area contributed by atoms with Crippen molar-refractivity contribution in [3.8, 4) is 0 Å². The van der Waals surface area contributed by atoms with E-state index in [9.17, 15) is 24.3 Å². The van der Waals surface area contributed by atoms with Crippen LogP contribution >= 0.6 is 0 Å². The van der Waals surface area contributed by atoms with Crippen LogP contribution in [0.25, 0.3) is 10.9 Å². The number of hydrogen-bond donors (Lipinski definition) is 8. The molecule has 202 valence electrons. The fourth-order valence-corrected chi connectivity index (χ4v) is 3.80. The average Bonchev–Trinajstić information content (AvgIpc) is 3.25. The Morgan fingerprint density at radius 3 is 2.32 bits per heavy atom. The molecule has 0 saturated carbocycles. The second-order valence-corrected chi connectivity index (χ2v) is 8.97. The average molecular weight is 517 g/mol. The van der Waals surface area contributed by atoms with E-state index in [0.717, 1.165) is 16.5 Å². The van der Waals surface area contributed by atoms with E-state index < -0.39 is 47.7 Å². The van der Waals surface area contributed by atoms with E-state index in [-0.39, 0.29) is 31.9 Å². The third-order valence-corrected chi connectivity index (χ3v) is 5.74. The molecule has 0 bridgehead atoms. The van der Waals surface area contributed by atoms with Gasteiger partial charge in [-0.2, -0.15) is 0 Å². The number of aliphatic carboxylic acids is 1. The summed E-state index contributed by atoms with van der Waals surface area (Å²) in [7, 11) is 0. The van der Waals surface area contributed by atoms with Crippen molar-refractivity contribution in [2.45, 2.75) is 51.2 Å². The molecule has 1 heterocycles. The normalized spacial score (nSPS) is 13.4. The van der Waals surface area contributed by atoms with Gasteiger partial charge in [-0.25, -0.2) is 4.79 Å². The van der Waals surface area contributed by atoms with Crippen LogP contribution < -0.4 is 33.2 Å². The smallest absolute Gasteiger partial charge is 0.326 e. The van der Waals surface area contributed by atoms with Crippen molar-refractivity contribution >= 4 is 40.6 Å². The summed E-state index contributed by atoms with van der Waals surface area (Å²) in [6.45, 7) is 3.24. The zero-order chi connectivity index (χ0) is 27.5. The number of amides is 3. The fourth-order valence-electron chi connectivity index (χ4n) is 3.80. The van der Waals surface area contributed by atoms with Gasteiger partial charge in [0.2, 0.25) is 17.7 Å². The predicted molar refractivity (Wildman–Crippen MR) is 139 cm³/mol. The number of carboxylic acid groups (broad SMARTS) is 1. The van der Waals surface area contributed by atoms with Crippen LogP contribution in [0.1, 0.15) is 32.3 Å². The van der Waals surface area contributed by atoms with Gasteiger partial charge in [0.05, 0.1) is 6.54 Å². The highest BCUT2D eigenvalue weighted by molar-refractivity contribution is 5.94. The molecule has 3 amide bonds. The first kappa shape index (κ1) is 29.1. The number of benzene rings is 1. The standard InChI is InChI=1S/C24H36N8O5/c1-13(2)20(23(36)37)32-22(35)18(10-14-12-29-16-7-4-3-6-15(14)16)31-21(34)17(30-19(33)11-25)8-5-9-28-24(26)27/h3-4,6-7,12-13,17-18,20,29H,5,8-11,25H2,1-2H3,(H,30,33)(H,31,34)(H,32,35)(H,36,37)(H4,26,27,28)/t17-,18-,20-/m0/s1. The van der Waals surface area contributed by atoms with Crippen molar-refractivity contribution in [1.82, 2.24) is 20.9 Å². The summed E-state index contributed by atoms with van der Waals surface area (Å²) in [6.07, 6.45) is 2.36. The number of rotatable bonds is 14. The highest BCUT2D eigenvalue weighted by atomic mass is 16.4. The Morgan fingerprint density at radius 1 is 1.03 bits per heavy atom. The van der Waals surface area contributed by atoms with Gasteiger partial charge in [-0.05, 0) is 30.4 Å². The van der Waals surface area contributed by atoms with Crippen molar-refractivity contribution in [3.63, 3.8) is 0 Å². The van der Waals surface area contributed by atoms with Gasteiger partial charge >= 0.3 is 5.97 Å². The zero-order valence-electron chi connectivity index (χ0n) is 21.0. The molecular weight excluding hydrogens is 480 g/mol. The lowest BCUT2D eigenvalue weighted by molar-refractivity contribution is -0.143. The van der Waals surface area contributed by atoms with Gasteiger partial charge in [0.15, 0.2) is 5.96 Å². The van der Waals surface area contributed by atoms with E-state index in [1.54, 1.807) is 20.0 Å². The molecule has 0 radical (unpaired) electrons. The van der Waals surface area contributed by atoms with Gasteiger partial charge in [-0.1, -0.05) is 32.0 Å². The molecule has 0 aliphatic carbocycles. The number of carbonyl (C=O) groups excluding carboxylic acids is 3. The van der Waals surface area contributed by atoms with Crippen molar-refractivity contribution < 1.29 is 24.3 Å². The van der Waals surface area contributed by atoms with Gasteiger partial charge in [-0.15, -0.1) is 0 Å². The Balaban J connectivity index is 2.29. The van der Waals surface area contributed by atoms with Gasteiger partial charge in [-0.3, -0.25) is 19.4 Å². The fraction of sp³-hybridized carbons (Fsp3) is 0.458. The van der Waals surface area contributed by atoms with E-state index in [0.29, 0.717) is 6.42 Å². The lowest BCUT2D eigenvalue weighted by atomic mass is 10.0. The van der Waals surface area contributed by atoms with Crippen LogP contribution in [0.15, 0.2) is 35.5 Å². The van der Waals surface area contributed by atoms with Crippen molar-refractivity contribution in [3.05, 3.63) is 36.0 Å². The first-order valence-electron chi connectivity index (χ1n) is 12.0. The number of aliphatic imine (C=N–C) groups is 1. The first-order chi connectivity index (χ1) is 17.5. The molecule has 0 saturated heterocycles. The number of hydrogen-bond acceptors (Lipinski definition) is 6. The van der Waals surface area contributed by atoms with Gasteiger partial charge < -0.3 is 43.2 Å². The highest BCUT2D eigenvalue weighted by Gasteiger charge is 2.31. The molecule has 13 nitrogen and oxygen atoms in total. The molecule has 0 fully saturated rings. The summed E-state index contributed by atoms with van der Waals surface area (Å²) in [5, 5.41) is 18.1. The van der Waals surface area contributed by atoms with Crippen molar-refractivity contribution in [2.24, 2.45) is 28.1 Å². The number of aromatic amines is 1. The maximum Gasteiger partial charge on any atom is 0.326 e. The molecule has 0 spiro atoms. The molecule has 13 heteroatoms.